The van der Waals surface area contributed by atoms with E-state index in [9.17, 15) is 0 Å². The van der Waals surface area contributed by atoms with E-state index >= 15 is 0 Å². The minimum Gasteiger partial charge on any atom is -0.423 e. The Morgan fingerprint density at radius 2 is 1.38 bits per heavy atom. The molecule has 2 aromatic carbocycles. The maximum absolute atomic E-state index is 9.12. The summed E-state index contributed by atoms with van der Waals surface area (Å²) in [4.78, 5) is 2.39. The molecule has 0 heterocycles. The molecule has 0 amide bonds. The van der Waals surface area contributed by atoms with Gasteiger partial charge >= 0.3 is 7.12 Å². The molecule has 21 heavy (non-hydrogen) atoms. The molecule has 2 N–H and O–H groups in total. The average molecular weight is 283 g/mol. The molecule has 0 aromatic heterocycles. The maximum Gasteiger partial charge on any atom is 0.488 e. The first-order valence-corrected chi connectivity index (χ1v) is 7.29. The Hall–Kier alpha value is -1.62. The van der Waals surface area contributed by atoms with E-state index in [1.165, 1.54) is 11.1 Å². The number of rotatable bonds is 6. The van der Waals surface area contributed by atoms with Crippen molar-refractivity contribution in [2.75, 3.05) is 0 Å². The van der Waals surface area contributed by atoms with Crippen molar-refractivity contribution >= 4 is 12.6 Å². The van der Waals surface area contributed by atoms with Crippen LogP contribution < -0.4 is 5.46 Å². The lowest BCUT2D eigenvalue weighted by molar-refractivity contribution is 0.203. The van der Waals surface area contributed by atoms with Gasteiger partial charge in [0.15, 0.2) is 0 Å². The van der Waals surface area contributed by atoms with Gasteiger partial charge in [-0.2, -0.15) is 0 Å². The Balaban J connectivity index is 2.06. The molecule has 0 aliphatic heterocycles. The number of hydrogen-bond donors (Lipinski definition) is 2. The van der Waals surface area contributed by atoms with Crippen LogP contribution in [-0.4, -0.2) is 28.1 Å². The van der Waals surface area contributed by atoms with Gasteiger partial charge in [-0.3, -0.25) is 4.90 Å². The third-order valence-electron chi connectivity index (χ3n) is 3.62. The predicted octanol–water partition coefficient (Wildman–Crippen LogP) is 1.78. The van der Waals surface area contributed by atoms with Crippen molar-refractivity contribution in [3.05, 3.63) is 65.7 Å². The molecule has 2 rings (SSSR count). The molecule has 0 bridgehead atoms. The number of hydrogen-bond acceptors (Lipinski definition) is 3. The Morgan fingerprint density at radius 1 is 0.857 bits per heavy atom. The van der Waals surface area contributed by atoms with Crippen molar-refractivity contribution in [1.29, 1.82) is 0 Å². The molecule has 0 saturated heterocycles. The van der Waals surface area contributed by atoms with Crippen molar-refractivity contribution in [1.82, 2.24) is 4.90 Å². The van der Waals surface area contributed by atoms with Crippen LogP contribution in [0.25, 0.3) is 0 Å². The number of benzene rings is 2. The summed E-state index contributed by atoms with van der Waals surface area (Å²) in [6.07, 6.45) is 0. The standard InChI is InChI=1S/C17H22BNO2/c1-14(2)19(12-15-6-4-3-5-7-15)13-16-8-10-17(11-9-16)18(20)21/h3-11,14,20-21H,12-13H2,1-2H3. The topological polar surface area (TPSA) is 43.7 Å². The summed E-state index contributed by atoms with van der Waals surface area (Å²) in [7, 11) is -1.40. The van der Waals surface area contributed by atoms with Gasteiger partial charge in [0, 0.05) is 19.1 Å². The van der Waals surface area contributed by atoms with Crippen molar-refractivity contribution < 1.29 is 10.0 Å². The lowest BCUT2D eigenvalue weighted by Crippen LogP contribution is -2.31. The fourth-order valence-corrected chi connectivity index (χ4v) is 2.27. The molecule has 0 saturated carbocycles. The monoisotopic (exact) mass is 283 g/mol. The fraction of sp³-hybridized carbons (Fsp3) is 0.294. The smallest absolute Gasteiger partial charge is 0.423 e. The van der Waals surface area contributed by atoms with Crippen LogP contribution >= 0.6 is 0 Å². The SMILES string of the molecule is CC(C)N(Cc1ccccc1)Cc1ccc(B(O)O)cc1. The zero-order valence-corrected chi connectivity index (χ0v) is 12.6. The van der Waals surface area contributed by atoms with Gasteiger partial charge in [0.1, 0.15) is 0 Å². The zero-order chi connectivity index (χ0) is 15.2. The van der Waals surface area contributed by atoms with E-state index in [0.717, 1.165) is 13.1 Å². The normalized spacial score (nSPS) is 11.1. The van der Waals surface area contributed by atoms with Gasteiger partial charge < -0.3 is 10.0 Å². The van der Waals surface area contributed by atoms with Crippen molar-refractivity contribution in [2.24, 2.45) is 0 Å². The minimum absolute atomic E-state index is 0.438. The zero-order valence-electron chi connectivity index (χ0n) is 12.6. The van der Waals surface area contributed by atoms with Crippen LogP contribution in [0.15, 0.2) is 54.6 Å². The molecule has 4 heteroatoms. The summed E-state index contributed by atoms with van der Waals surface area (Å²) < 4.78 is 0. The van der Waals surface area contributed by atoms with Gasteiger partial charge in [0.2, 0.25) is 0 Å². The molecule has 0 aliphatic rings. The lowest BCUT2D eigenvalue weighted by atomic mass is 9.80. The Kier molecular flexibility index (Phi) is 5.56. The van der Waals surface area contributed by atoms with Gasteiger partial charge in [-0.1, -0.05) is 54.6 Å². The molecule has 0 unspecified atom stereocenters. The highest BCUT2D eigenvalue weighted by Crippen LogP contribution is 2.12. The van der Waals surface area contributed by atoms with E-state index in [0.29, 0.717) is 11.5 Å². The average Bonchev–Trinajstić information content (AvgIpc) is 2.48. The van der Waals surface area contributed by atoms with E-state index in [4.69, 9.17) is 10.0 Å². The predicted molar refractivity (Wildman–Crippen MR) is 87.1 cm³/mol. The summed E-state index contributed by atoms with van der Waals surface area (Å²) >= 11 is 0. The second kappa shape index (κ2) is 7.41. The summed E-state index contributed by atoms with van der Waals surface area (Å²) in [5.74, 6) is 0. The highest BCUT2D eigenvalue weighted by molar-refractivity contribution is 6.58. The molecule has 0 atom stereocenters. The van der Waals surface area contributed by atoms with Crippen LogP contribution in [-0.2, 0) is 13.1 Å². The molecule has 3 nitrogen and oxygen atoms in total. The molecule has 0 fully saturated rings. The van der Waals surface area contributed by atoms with E-state index in [-0.39, 0.29) is 0 Å². The summed E-state index contributed by atoms with van der Waals surface area (Å²) in [6.45, 7) is 6.13. The lowest BCUT2D eigenvalue weighted by Gasteiger charge is -2.26. The van der Waals surface area contributed by atoms with Crippen LogP contribution in [0, 0.1) is 0 Å². The third kappa shape index (κ3) is 4.71. The fourth-order valence-electron chi connectivity index (χ4n) is 2.27. The Labute approximate surface area is 127 Å². The molecule has 0 aliphatic carbocycles. The van der Waals surface area contributed by atoms with Gasteiger partial charge in [0.25, 0.3) is 0 Å². The first kappa shape index (κ1) is 15.8. The molecule has 110 valence electrons. The largest absolute Gasteiger partial charge is 0.488 e. The summed E-state index contributed by atoms with van der Waals surface area (Å²) in [5, 5.41) is 18.2. The first-order chi connectivity index (χ1) is 10.1. The molecule has 2 aromatic rings. The quantitative estimate of drug-likeness (QED) is 0.794. The second-order valence-corrected chi connectivity index (χ2v) is 5.60. The van der Waals surface area contributed by atoms with E-state index in [2.05, 4.69) is 43.0 Å². The van der Waals surface area contributed by atoms with Crippen molar-refractivity contribution in [3.8, 4) is 0 Å². The van der Waals surface area contributed by atoms with Crippen molar-refractivity contribution in [2.45, 2.75) is 33.0 Å². The number of nitrogens with zero attached hydrogens (tertiary/aromatic N) is 1. The van der Waals surface area contributed by atoms with Crippen LogP contribution in [0.2, 0.25) is 0 Å². The van der Waals surface area contributed by atoms with Crippen molar-refractivity contribution in [3.63, 3.8) is 0 Å². The molecular formula is C17H22BNO2. The van der Waals surface area contributed by atoms with Crippen LogP contribution in [0.5, 0.6) is 0 Å². The molecular weight excluding hydrogens is 261 g/mol. The van der Waals surface area contributed by atoms with Gasteiger partial charge in [0.05, 0.1) is 0 Å². The highest BCUT2D eigenvalue weighted by Gasteiger charge is 2.13. The second-order valence-electron chi connectivity index (χ2n) is 5.60. The minimum atomic E-state index is -1.40. The van der Waals surface area contributed by atoms with E-state index < -0.39 is 7.12 Å². The first-order valence-electron chi connectivity index (χ1n) is 7.29. The van der Waals surface area contributed by atoms with Gasteiger partial charge in [-0.15, -0.1) is 0 Å². The molecule has 0 spiro atoms. The molecule has 0 radical (unpaired) electrons. The Morgan fingerprint density at radius 3 is 1.86 bits per heavy atom. The highest BCUT2D eigenvalue weighted by atomic mass is 16.4. The maximum atomic E-state index is 9.12. The summed E-state index contributed by atoms with van der Waals surface area (Å²) in [6, 6.07) is 18.3. The van der Waals surface area contributed by atoms with E-state index in [1.54, 1.807) is 12.1 Å². The van der Waals surface area contributed by atoms with Gasteiger partial charge in [-0.05, 0) is 30.4 Å². The van der Waals surface area contributed by atoms with Crippen LogP contribution in [0.3, 0.4) is 0 Å². The van der Waals surface area contributed by atoms with Gasteiger partial charge in [-0.25, -0.2) is 0 Å². The van der Waals surface area contributed by atoms with E-state index in [1.807, 2.05) is 18.2 Å². The Bertz CT molecular complexity index is 540. The van der Waals surface area contributed by atoms with Crippen LogP contribution in [0.4, 0.5) is 0 Å². The van der Waals surface area contributed by atoms with Crippen LogP contribution in [0.1, 0.15) is 25.0 Å². The third-order valence-corrected chi connectivity index (χ3v) is 3.62. The summed E-state index contributed by atoms with van der Waals surface area (Å²) in [5.41, 5.74) is 3.00.